The van der Waals surface area contributed by atoms with Crippen LogP contribution >= 0.6 is 0 Å². The van der Waals surface area contributed by atoms with Crippen molar-refractivity contribution < 1.29 is 14.3 Å². The molecule has 2 heterocycles. The molecule has 1 aromatic heterocycles. The second kappa shape index (κ2) is 11.8. The smallest absolute Gasteiger partial charge is 0.235 e. The number of fused-ring (bicyclic) bond motifs is 1. The monoisotopic (exact) mass is 403 g/mol. The van der Waals surface area contributed by atoms with E-state index >= 15 is 0 Å². The summed E-state index contributed by atoms with van der Waals surface area (Å²) in [5.74, 6) is 0.753. The summed E-state index contributed by atoms with van der Waals surface area (Å²) in [6.07, 6.45) is 12.3. The number of methoxy groups -OCH3 is 1. The average Bonchev–Trinajstić information content (AvgIpc) is 2.89. The van der Waals surface area contributed by atoms with Crippen molar-refractivity contribution in [1.82, 2.24) is 10.3 Å². The lowest BCUT2D eigenvalue weighted by Crippen LogP contribution is -2.49. The Morgan fingerprint density at radius 2 is 1.62 bits per heavy atom. The molecule has 0 spiro atoms. The van der Waals surface area contributed by atoms with Gasteiger partial charge in [-0.1, -0.05) is 44.9 Å². The lowest BCUT2D eigenvalue weighted by Gasteiger charge is -2.36. The Morgan fingerprint density at radius 3 is 2.07 bits per heavy atom. The summed E-state index contributed by atoms with van der Waals surface area (Å²) < 4.78 is 10.3. The second-order valence-electron chi connectivity index (χ2n) is 8.10. The molecule has 29 heavy (non-hydrogen) atoms. The second-order valence-corrected chi connectivity index (χ2v) is 8.10. The quantitative estimate of drug-likeness (QED) is 0.648. The van der Waals surface area contributed by atoms with Crippen molar-refractivity contribution in [2.24, 2.45) is 5.41 Å². The molecular weight excluding hydrogens is 366 g/mol. The third-order valence-corrected chi connectivity index (χ3v) is 5.28. The van der Waals surface area contributed by atoms with Crippen molar-refractivity contribution in [3.8, 4) is 5.75 Å². The molecule has 1 saturated heterocycles. The number of anilines is 1. The fourth-order valence-corrected chi connectivity index (χ4v) is 3.38. The minimum absolute atomic E-state index is 0.0116. The maximum atomic E-state index is 12.2. The van der Waals surface area contributed by atoms with Crippen LogP contribution in [-0.2, 0) is 9.53 Å². The van der Waals surface area contributed by atoms with Crippen molar-refractivity contribution in [2.75, 3.05) is 39.7 Å². The third kappa shape index (κ3) is 6.75. The van der Waals surface area contributed by atoms with Crippen LogP contribution in [0.4, 0.5) is 5.69 Å². The SMILES string of the molecule is C1CCCCCC1.CNC.COc1ccc2[nH]cc(NC(=O)C3(C)COC3)c2c1. The molecule has 0 radical (unpaired) electrons. The first-order valence-corrected chi connectivity index (χ1v) is 10.7. The van der Waals surface area contributed by atoms with Gasteiger partial charge < -0.3 is 25.1 Å². The summed E-state index contributed by atoms with van der Waals surface area (Å²) in [7, 11) is 5.37. The predicted molar refractivity (Wildman–Crippen MR) is 120 cm³/mol. The molecule has 1 aromatic carbocycles. The Kier molecular flexibility index (Phi) is 9.48. The molecule has 0 bridgehead atoms. The predicted octanol–water partition coefficient (Wildman–Crippen LogP) is 4.72. The van der Waals surface area contributed by atoms with E-state index in [1.54, 1.807) is 13.3 Å². The number of benzene rings is 1. The maximum Gasteiger partial charge on any atom is 0.235 e. The number of aromatic nitrogens is 1. The first-order valence-electron chi connectivity index (χ1n) is 10.7. The zero-order valence-corrected chi connectivity index (χ0v) is 18.4. The van der Waals surface area contributed by atoms with E-state index in [-0.39, 0.29) is 5.91 Å². The van der Waals surface area contributed by atoms with Crippen LogP contribution in [-0.4, -0.2) is 45.3 Å². The van der Waals surface area contributed by atoms with Gasteiger partial charge in [-0.15, -0.1) is 0 Å². The fourth-order valence-electron chi connectivity index (χ4n) is 3.38. The van der Waals surface area contributed by atoms with Crippen LogP contribution in [0, 0.1) is 5.41 Å². The number of ether oxygens (including phenoxy) is 2. The molecule has 0 unspecified atom stereocenters. The Bertz CT molecular complexity index is 733. The van der Waals surface area contributed by atoms with Crippen molar-refractivity contribution in [3.05, 3.63) is 24.4 Å². The summed E-state index contributed by atoms with van der Waals surface area (Å²) in [6, 6.07) is 5.71. The molecule has 3 N–H and O–H groups in total. The number of rotatable bonds is 3. The van der Waals surface area contributed by atoms with Crippen LogP contribution in [0.1, 0.15) is 51.9 Å². The first-order chi connectivity index (χ1) is 14.0. The number of carbonyl (C=O) groups excluding carboxylic acids is 1. The number of aromatic amines is 1. The Labute approximate surface area is 174 Å². The third-order valence-electron chi connectivity index (χ3n) is 5.28. The Morgan fingerprint density at radius 1 is 1.07 bits per heavy atom. The van der Waals surface area contributed by atoms with Crippen LogP contribution in [0.25, 0.3) is 10.9 Å². The van der Waals surface area contributed by atoms with Gasteiger partial charge in [-0.2, -0.15) is 0 Å². The number of hydrogen-bond acceptors (Lipinski definition) is 4. The minimum Gasteiger partial charge on any atom is -0.497 e. The first kappa shape index (κ1) is 23.2. The van der Waals surface area contributed by atoms with E-state index in [4.69, 9.17) is 9.47 Å². The van der Waals surface area contributed by atoms with Gasteiger partial charge >= 0.3 is 0 Å². The Balaban J connectivity index is 0.000000250. The molecule has 2 aromatic rings. The van der Waals surface area contributed by atoms with Gasteiger partial charge in [0.15, 0.2) is 0 Å². The summed E-state index contributed by atoms with van der Waals surface area (Å²) in [4.78, 5) is 15.3. The fraction of sp³-hybridized carbons (Fsp3) is 0.609. The minimum atomic E-state index is -0.414. The highest BCUT2D eigenvalue weighted by atomic mass is 16.5. The number of amides is 1. The van der Waals surface area contributed by atoms with Gasteiger partial charge in [-0.25, -0.2) is 0 Å². The van der Waals surface area contributed by atoms with E-state index in [1.165, 1.54) is 44.9 Å². The highest BCUT2D eigenvalue weighted by Gasteiger charge is 2.41. The van der Waals surface area contributed by atoms with E-state index in [1.807, 2.05) is 39.2 Å². The molecule has 6 nitrogen and oxygen atoms in total. The lowest BCUT2D eigenvalue weighted by molar-refractivity contribution is -0.151. The summed E-state index contributed by atoms with van der Waals surface area (Å²) in [5.41, 5.74) is 1.32. The van der Waals surface area contributed by atoms with Crippen LogP contribution < -0.4 is 15.4 Å². The van der Waals surface area contributed by atoms with Crippen LogP contribution in [0.3, 0.4) is 0 Å². The van der Waals surface area contributed by atoms with Gasteiger partial charge in [-0.3, -0.25) is 4.79 Å². The number of hydrogen-bond donors (Lipinski definition) is 3. The lowest BCUT2D eigenvalue weighted by atomic mass is 9.87. The molecule has 2 fully saturated rings. The zero-order valence-electron chi connectivity index (χ0n) is 18.4. The zero-order chi connectivity index (χ0) is 21.1. The summed E-state index contributed by atoms with van der Waals surface area (Å²) >= 11 is 0. The molecular formula is C23H37N3O3. The average molecular weight is 404 g/mol. The van der Waals surface area contributed by atoms with Crippen LogP contribution in [0.2, 0.25) is 0 Å². The molecule has 2 aliphatic rings. The van der Waals surface area contributed by atoms with Gasteiger partial charge in [-0.05, 0) is 39.2 Å². The van der Waals surface area contributed by atoms with Crippen molar-refractivity contribution in [2.45, 2.75) is 51.9 Å². The molecule has 1 aliphatic carbocycles. The molecule has 4 rings (SSSR count). The molecule has 6 heteroatoms. The largest absolute Gasteiger partial charge is 0.497 e. The Hall–Kier alpha value is -2.05. The normalized spacial score (nSPS) is 17.5. The van der Waals surface area contributed by atoms with Gasteiger partial charge in [0.25, 0.3) is 0 Å². The molecule has 1 amide bonds. The summed E-state index contributed by atoms with van der Waals surface area (Å²) in [6.45, 7) is 2.86. The number of H-pyrrole nitrogens is 1. The maximum absolute atomic E-state index is 12.2. The van der Waals surface area contributed by atoms with Crippen molar-refractivity contribution >= 4 is 22.5 Å². The number of carbonyl (C=O) groups is 1. The highest BCUT2D eigenvalue weighted by molar-refractivity contribution is 6.04. The van der Waals surface area contributed by atoms with E-state index in [0.29, 0.717) is 13.2 Å². The molecule has 1 saturated carbocycles. The topological polar surface area (TPSA) is 75.4 Å². The van der Waals surface area contributed by atoms with Crippen LogP contribution in [0.15, 0.2) is 24.4 Å². The van der Waals surface area contributed by atoms with Crippen molar-refractivity contribution in [3.63, 3.8) is 0 Å². The van der Waals surface area contributed by atoms with E-state index in [0.717, 1.165) is 22.3 Å². The van der Waals surface area contributed by atoms with Crippen LogP contribution in [0.5, 0.6) is 5.75 Å². The molecule has 162 valence electrons. The van der Waals surface area contributed by atoms with E-state index < -0.39 is 5.41 Å². The van der Waals surface area contributed by atoms with Gasteiger partial charge in [0.1, 0.15) is 5.75 Å². The van der Waals surface area contributed by atoms with Crippen molar-refractivity contribution in [1.29, 1.82) is 0 Å². The summed E-state index contributed by atoms with van der Waals surface area (Å²) in [5, 5.41) is 6.64. The van der Waals surface area contributed by atoms with Gasteiger partial charge in [0, 0.05) is 17.1 Å². The molecule has 1 aliphatic heterocycles. The molecule has 0 atom stereocenters. The van der Waals surface area contributed by atoms with Gasteiger partial charge in [0.05, 0.1) is 31.4 Å². The highest BCUT2D eigenvalue weighted by Crippen LogP contribution is 2.31. The van der Waals surface area contributed by atoms with E-state index in [2.05, 4.69) is 15.6 Å². The van der Waals surface area contributed by atoms with E-state index in [9.17, 15) is 4.79 Å². The van der Waals surface area contributed by atoms with Gasteiger partial charge in [0.2, 0.25) is 5.91 Å². The number of nitrogens with one attached hydrogen (secondary N) is 3. The standard InChI is InChI=1S/C14H16N2O3.C7H14.C2H7N/c1-14(7-19-8-14)13(17)16-12-6-15-11-4-3-9(18-2)5-10(11)12;1-2-4-6-7-5-3-1;1-3-2/h3-6,15H,7-8H2,1-2H3,(H,16,17);1-7H2;3H,1-2H3.